The summed E-state index contributed by atoms with van der Waals surface area (Å²) >= 11 is 0. The van der Waals surface area contributed by atoms with E-state index in [0.29, 0.717) is 12.1 Å². The van der Waals surface area contributed by atoms with Crippen LogP contribution < -0.4 is 5.32 Å². The lowest BCUT2D eigenvalue weighted by Gasteiger charge is -2.10. The molecule has 1 N–H and O–H groups in total. The molecule has 0 aromatic heterocycles. The Balaban J connectivity index is 2.02. The number of rotatable bonds is 3. The lowest BCUT2D eigenvalue weighted by atomic mass is 10.1. The molecule has 1 nitrogen and oxygen atoms in total. The van der Waals surface area contributed by atoms with Crippen LogP contribution >= 0.6 is 0 Å². The zero-order valence-electron chi connectivity index (χ0n) is 10.8. The van der Waals surface area contributed by atoms with E-state index in [4.69, 9.17) is 0 Å². The maximum absolute atomic E-state index is 13.1. The third kappa shape index (κ3) is 3.50. The largest absolute Gasteiger partial charge is 0.416 e. The molecule has 0 fully saturated rings. The van der Waals surface area contributed by atoms with E-state index < -0.39 is 11.7 Å². The van der Waals surface area contributed by atoms with Crippen molar-refractivity contribution in [2.24, 2.45) is 0 Å². The van der Waals surface area contributed by atoms with Gasteiger partial charge in [-0.2, -0.15) is 13.2 Å². The highest BCUT2D eigenvalue weighted by atomic mass is 19.4. The second-order valence-corrected chi connectivity index (χ2v) is 4.51. The number of halogens is 4. The molecule has 20 heavy (non-hydrogen) atoms. The monoisotopic (exact) mass is 283 g/mol. The van der Waals surface area contributed by atoms with Crippen molar-refractivity contribution in [3.63, 3.8) is 0 Å². The summed E-state index contributed by atoms with van der Waals surface area (Å²) in [4.78, 5) is 0. The Labute approximate surface area is 114 Å². The van der Waals surface area contributed by atoms with Crippen LogP contribution in [-0.2, 0) is 12.7 Å². The van der Waals surface area contributed by atoms with Crippen molar-refractivity contribution in [2.75, 3.05) is 5.32 Å². The van der Waals surface area contributed by atoms with Gasteiger partial charge in [-0.15, -0.1) is 0 Å². The van der Waals surface area contributed by atoms with E-state index in [0.717, 1.165) is 23.4 Å². The van der Waals surface area contributed by atoms with Crippen LogP contribution in [0.2, 0.25) is 0 Å². The fourth-order valence-corrected chi connectivity index (χ4v) is 1.77. The molecule has 0 atom stereocenters. The normalized spacial score (nSPS) is 11.4. The molecular weight excluding hydrogens is 270 g/mol. The molecule has 0 aliphatic rings. The van der Waals surface area contributed by atoms with E-state index in [2.05, 4.69) is 5.32 Å². The summed E-state index contributed by atoms with van der Waals surface area (Å²) < 4.78 is 50.3. The average molecular weight is 283 g/mol. The summed E-state index contributed by atoms with van der Waals surface area (Å²) in [5.41, 5.74) is 1.30. The lowest BCUT2D eigenvalue weighted by Crippen LogP contribution is -2.05. The number of anilines is 1. The molecule has 0 saturated carbocycles. The fraction of sp³-hybridized carbons (Fsp3) is 0.200. The maximum Gasteiger partial charge on any atom is 0.416 e. The standard InChI is InChI=1S/C15H13F4N/c1-10-8-13(6-7-14(10)16)20-9-11-2-4-12(5-3-11)15(17,18)19/h2-8,20H,9H2,1H3. The Bertz CT molecular complexity index is 588. The van der Waals surface area contributed by atoms with Crippen LogP contribution in [0.3, 0.4) is 0 Å². The Morgan fingerprint density at radius 2 is 1.65 bits per heavy atom. The van der Waals surface area contributed by atoms with Crippen LogP contribution in [0.25, 0.3) is 0 Å². The Hall–Kier alpha value is -2.04. The predicted octanol–water partition coefficient (Wildman–Crippen LogP) is 4.77. The first kappa shape index (κ1) is 14.4. The van der Waals surface area contributed by atoms with Gasteiger partial charge in [-0.05, 0) is 48.4 Å². The minimum atomic E-state index is -4.32. The molecule has 0 aliphatic heterocycles. The van der Waals surface area contributed by atoms with Crippen LogP contribution in [0.15, 0.2) is 42.5 Å². The highest BCUT2D eigenvalue weighted by Gasteiger charge is 2.29. The Morgan fingerprint density at radius 3 is 2.20 bits per heavy atom. The van der Waals surface area contributed by atoms with E-state index in [1.54, 1.807) is 19.1 Å². The first-order valence-corrected chi connectivity index (χ1v) is 6.02. The highest BCUT2D eigenvalue weighted by molar-refractivity contribution is 5.46. The number of nitrogens with one attached hydrogen (secondary N) is 1. The Kier molecular flexibility index (Phi) is 3.97. The van der Waals surface area contributed by atoms with Gasteiger partial charge >= 0.3 is 6.18 Å². The molecule has 0 bridgehead atoms. The van der Waals surface area contributed by atoms with Gasteiger partial charge in [0.05, 0.1) is 5.56 Å². The van der Waals surface area contributed by atoms with Crippen molar-refractivity contribution in [3.05, 3.63) is 65.0 Å². The summed E-state index contributed by atoms with van der Waals surface area (Å²) in [5, 5.41) is 3.04. The number of aryl methyl sites for hydroxylation is 1. The molecular formula is C15H13F4N. The lowest BCUT2D eigenvalue weighted by molar-refractivity contribution is -0.137. The predicted molar refractivity (Wildman–Crippen MR) is 69.9 cm³/mol. The summed E-state index contributed by atoms with van der Waals surface area (Å²) in [7, 11) is 0. The van der Waals surface area contributed by atoms with Gasteiger partial charge in [-0.1, -0.05) is 12.1 Å². The van der Waals surface area contributed by atoms with E-state index in [1.165, 1.54) is 18.2 Å². The fourth-order valence-electron chi connectivity index (χ4n) is 1.77. The van der Waals surface area contributed by atoms with E-state index in [-0.39, 0.29) is 5.82 Å². The van der Waals surface area contributed by atoms with Crippen molar-refractivity contribution in [3.8, 4) is 0 Å². The SMILES string of the molecule is Cc1cc(NCc2ccc(C(F)(F)F)cc2)ccc1F. The third-order valence-corrected chi connectivity index (χ3v) is 2.94. The molecule has 0 saturated heterocycles. The van der Waals surface area contributed by atoms with Crippen molar-refractivity contribution in [1.29, 1.82) is 0 Å². The zero-order chi connectivity index (χ0) is 14.8. The maximum atomic E-state index is 13.1. The van der Waals surface area contributed by atoms with E-state index in [9.17, 15) is 17.6 Å². The van der Waals surface area contributed by atoms with Crippen molar-refractivity contribution < 1.29 is 17.6 Å². The van der Waals surface area contributed by atoms with Gasteiger partial charge in [0.15, 0.2) is 0 Å². The minimum absolute atomic E-state index is 0.287. The summed E-state index contributed by atoms with van der Waals surface area (Å²) in [6, 6.07) is 9.54. The molecule has 0 heterocycles. The summed E-state index contributed by atoms with van der Waals surface area (Å²) in [5.74, 6) is -0.287. The number of benzene rings is 2. The van der Waals surface area contributed by atoms with Gasteiger partial charge in [0.1, 0.15) is 5.82 Å². The molecule has 2 rings (SSSR count). The topological polar surface area (TPSA) is 12.0 Å². The van der Waals surface area contributed by atoms with E-state index >= 15 is 0 Å². The average Bonchev–Trinajstić information content (AvgIpc) is 2.40. The summed E-state index contributed by atoms with van der Waals surface area (Å²) in [6.45, 7) is 2.03. The van der Waals surface area contributed by atoms with Crippen molar-refractivity contribution >= 4 is 5.69 Å². The molecule has 0 spiro atoms. The molecule has 106 valence electrons. The molecule has 2 aromatic rings. The van der Waals surface area contributed by atoms with Crippen LogP contribution in [-0.4, -0.2) is 0 Å². The van der Waals surface area contributed by atoms with E-state index in [1.807, 2.05) is 0 Å². The minimum Gasteiger partial charge on any atom is -0.381 e. The Morgan fingerprint density at radius 1 is 1.00 bits per heavy atom. The van der Waals surface area contributed by atoms with Gasteiger partial charge in [0.25, 0.3) is 0 Å². The van der Waals surface area contributed by atoms with Gasteiger partial charge in [-0.3, -0.25) is 0 Å². The molecule has 0 unspecified atom stereocenters. The summed E-state index contributed by atoms with van der Waals surface area (Å²) in [6.07, 6.45) is -4.32. The second kappa shape index (κ2) is 5.53. The zero-order valence-corrected chi connectivity index (χ0v) is 10.8. The van der Waals surface area contributed by atoms with Crippen LogP contribution in [0, 0.1) is 12.7 Å². The van der Waals surface area contributed by atoms with Crippen molar-refractivity contribution in [2.45, 2.75) is 19.6 Å². The first-order valence-electron chi connectivity index (χ1n) is 6.02. The van der Waals surface area contributed by atoms with Crippen LogP contribution in [0.1, 0.15) is 16.7 Å². The quantitative estimate of drug-likeness (QED) is 0.800. The second-order valence-electron chi connectivity index (χ2n) is 4.51. The molecule has 0 amide bonds. The van der Waals surface area contributed by atoms with Crippen molar-refractivity contribution in [1.82, 2.24) is 0 Å². The van der Waals surface area contributed by atoms with Gasteiger partial charge in [-0.25, -0.2) is 4.39 Å². The molecule has 2 aromatic carbocycles. The van der Waals surface area contributed by atoms with Crippen LogP contribution in [0.4, 0.5) is 23.2 Å². The van der Waals surface area contributed by atoms with Crippen LogP contribution in [0.5, 0.6) is 0 Å². The number of hydrogen-bond donors (Lipinski definition) is 1. The van der Waals surface area contributed by atoms with Gasteiger partial charge < -0.3 is 5.32 Å². The number of alkyl halides is 3. The molecule has 5 heteroatoms. The number of hydrogen-bond acceptors (Lipinski definition) is 1. The van der Waals surface area contributed by atoms with Gasteiger partial charge in [0.2, 0.25) is 0 Å². The third-order valence-electron chi connectivity index (χ3n) is 2.94. The molecule has 0 radical (unpaired) electrons. The first-order chi connectivity index (χ1) is 9.36. The van der Waals surface area contributed by atoms with Gasteiger partial charge in [0, 0.05) is 12.2 Å². The smallest absolute Gasteiger partial charge is 0.381 e. The highest BCUT2D eigenvalue weighted by Crippen LogP contribution is 2.29. The molecule has 0 aliphatic carbocycles.